The van der Waals surface area contributed by atoms with Crippen molar-refractivity contribution in [3.8, 4) is 5.75 Å². The van der Waals surface area contributed by atoms with Gasteiger partial charge in [-0.25, -0.2) is 4.79 Å². The van der Waals surface area contributed by atoms with Gasteiger partial charge in [-0.05, 0) is 57.4 Å². The number of aliphatic hydroxyl groups is 1. The average Bonchev–Trinajstić information content (AvgIpc) is 2.60. The zero-order chi connectivity index (χ0) is 19.9. The van der Waals surface area contributed by atoms with Crippen molar-refractivity contribution >= 4 is 6.09 Å². The standard InChI is InChI=1S/C22H28NO4/c1-16(24)20(23-21(25)26-15-18-8-6-5-7-9-18)14-17-10-12-19(13-11-17)27-22(2,3)4/h5-13,16,20,24H,1,14-15H2,2-4H3,(H,23,25)/t16-,20+/m1/s1. The molecule has 0 saturated heterocycles. The second-order valence-corrected chi connectivity index (χ2v) is 7.44. The van der Waals surface area contributed by atoms with Crippen molar-refractivity contribution in [3.05, 3.63) is 72.6 Å². The van der Waals surface area contributed by atoms with E-state index in [1.807, 2.05) is 75.4 Å². The molecule has 0 unspecified atom stereocenters. The van der Waals surface area contributed by atoms with Crippen LogP contribution in [0, 0.1) is 6.92 Å². The quantitative estimate of drug-likeness (QED) is 0.776. The van der Waals surface area contributed by atoms with E-state index in [9.17, 15) is 9.90 Å². The van der Waals surface area contributed by atoms with Crippen LogP contribution in [0.5, 0.6) is 5.75 Å². The first-order valence-corrected chi connectivity index (χ1v) is 8.99. The molecule has 2 N–H and O–H groups in total. The highest BCUT2D eigenvalue weighted by Crippen LogP contribution is 2.19. The van der Waals surface area contributed by atoms with Crippen LogP contribution in [0.1, 0.15) is 31.9 Å². The van der Waals surface area contributed by atoms with E-state index in [4.69, 9.17) is 9.47 Å². The molecular formula is C22H28NO4. The lowest BCUT2D eigenvalue weighted by atomic mass is 10.0. The summed E-state index contributed by atoms with van der Waals surface area (Å²) in [7, 11) is 0. The molecule has 2 aromatic carbocycles. The number of hydrogen-bond acceptors (Lipinski definition) is 4. The summed E-state index contributed by atoms with van der Waals surface area (Å²) in [6.45, 7) is 9.77. The minimum atomic E-state index is -0.959. The fraction of sp³-hybridized carbons (Fsp3) is 0.364. The van der Waals surface area contributed by atoms with Crippen LogP contribution in [-0.2, 0) is 17.8 Å². The Morgan fingerprint density at radius 3 is 2.26 bits per heavy atom. The maximum Gasteiger partial charge on any atom is 0.407 e. The minimum absolute atomic E-state index is 0.172. The van der Waals surface area contributed by atoms with Gasteiger partial charge in [0.15, 0.2) is 0 Å². The molecule has 5 nitrogen and oxygen atoms in total. The number of ether oxygens (including phenoxy) is 2. The first-order valence-electron chi connectivity index (χ1n) is 8.99. The highest BCUT2D eigenvalue weighted by atomic mass is 16.5. The number of hydrogen-bond donors (Lipinski definition) is 2. The second kappa shape index (κ2) is 9.42. The van der Waals surface area contributed by atoms with E-state index in [1.54, 1.807) is 0 Å². The summed E-state index contributed by atoms with van der Waals surface area (Å²) in [4.78, 5) is 12.0. The van der Waals surface area contributed by atoms with Crippen molar-refractivity contribution in [3.63, 3.8) is 0 Å². The van der Waals surface area contributed by atoms with E-state index in [0.29, 0.717) is 6.42 Å². The Kier molecular flexibility index (Phi) is 7.25. The average molecular weight is 370 g/mol. The van der Waals surface area contributed by atoms with Gasteiger partial charge in [0.05, 0.1) is 12.1 Å². The number of carbonyl (C=O) groups is 1. The zero-order valence-electron chi connectivity index (χ0n) is 16.1. The number of carbonyl (C=O) groups excluding carboxylic acids is 1. The fourth-order valence-corrected chi connectivity index (χ4v) is 2.50. The topological polar surface area (TPSA) is 67.8 Å². The molecule has 0 bridgehead atoms. The first kappa shape index (κ1) is 20.8. The largest absolute Gasteiger partial charge is 0.488 e. The normalized spacial score (nSPS) is 13.5. The molecule has 0 fully saturated rings. The third-order valence-electron chi connectivity index (χ3n) is 3.78. The molecule has 0 aliphatic rings. The van der Waals surface area contributed by atoms with Crippen LogP contribution < -0.4 is 10.1 Å². The van der Waals surface area contributed by atoms with E-state index in [2.05, 4.69) is 12.2 Å². The van der Waals surface area contributed by atoms with Gasteiger partial charge in [0.2, 0.25) is 0 Å². The predicted octanol–water partition coefficient (Wildman–Crippen LogP) is 3.90. The first-order chi connectivity index (χ1) is 12.7. The Labute approximate surface area is 161 Å². The van der Waals surface area contributed by atoms with Gasteiger partial charge >= 0.3 is 6.09 Å². The van der Waals surface area contributed by atoms with Crippen LogP contribution in [-0.4, -0.2) is 28.9 Å². The van der Waals surface area contributed by atoms with E-state index in [1.165, 1.54) is 0 Å². The molecule has 5 heteroatoms. The molecule has 0 saturated carbocycles. The fourth-order valence-electron chi connectivity index (χ4n) is 2.50. The van der Waals surface area contributed by atoms with Crippen LogP contribution in [0.3, 0.4) is 0 Å². The summed E-state index contributed by atoms with van der Waals surface area (Å²) < 4.78 is 11.0. The van der Waals surface area contributed by atoms with Crippen molar-refractivity contribution in [2.45, 2.75) is 51.5 Å². The Morgan fingerprint density at radius 2 is 1.70 bits per heavy atom. The molecule has 2 aromatic rings. The molecule has 2 atom stereocenters. The lowest BCUT2D eigenvalue weighted by Gasteiger charge is -2.23. The molecule has 0 heterocycles. The summed E-state index contributed by atoms with van der Waals surface area (Å²) in [6.07, 6.45) is -1.11. The Hall–Kier alpha value is -2.53. The van der Waals surface area contributed by atoms with Crippen molar-refractivity contribution in [1.82, 2.24) is 5.32 Å². The van der Waals surface area contributed by atoms with Crippen LogP contribution in [0.15, 0.2) is 54.6 Å². The Bertz CT molecular complexity index is 705. The van der Waals surface area contributed by atoms with E-state index in [-0.39, 0.29) is 12.2 Å². The van der Waals surface area contributed by atoms with Gasteiger partial charge in [0.1, 0.15) is 18.0 Å². The summed E-state index contributed by atoms with van der Waals surface area (Å²) >= 11 is 0. The molecule has 2 rings (SSSR count). The van der Waals surface area contributed by atoms with Crippen LogP contribution in [0.2, 0.25) is 0 Å². The smallest absolute Gasteiger partial charge is 0.407 e. The summed E-state index contributed by atoms with van der Waals surface area (Å²) in [5, 5.41) is 12.6. The van der Waals surface area contributed by atoms with Gasteiger partial charge in [-0.3, -0.25) is 0 Å². The lowest BCUT2D eigenvalue weighted by molar-refractivity contribution is 0.117. The molecule has 0 aliphatic carbocycles. The highest BCUT2D eigenvalue weighted by molar-refractivity contribution is 5.67. The van der Waals surface area contributed by atoms with Crippen molar-refractivity contribution in [2.75, 3.05) is 0 Å². The van der Waals surface area contributed by atoms with Gasteiger partial charge in [-0.15, -0.1) is 0 Å². The number of benzene rings is 2. The number of amides is 1. The van der Waals surface area contributed by atoms with Crippen molar-refractivity contribution in [2.24, 2.45) is 0 Å². The SMILES string of the molecule is [CH2][C@@H](O)[C@H](Cc1ccc(OC(C)(C)C)cc1)NC(=O)OCc1ccccc1. The minimum Gasteiger partial charge on any atom is -0.488 e. The van der Waals surface area contributed by atoms with E-state index < -0.39 is 18.2 Å². The highest BCUT2D eigenvalue weighted by Gasteiger charge is 2.19. The molecule has 27 heavy (non-hydrogen) atoms. The maximum atomic E-state index is 12.0. The molecule has 0 spiro atoms. The Morgan fingerprint density at radius 1 is 1.07 bits per heavy atom. The molecule has 0 aliphatic heterocycles. The van der Waals surface area contributed by atoms with Gasteiger partial charge in [0, 0.05) is 0 Å². The van der Waals surface area contributed by atoms with Crippen molar-refractivity contribution in [1.29, 1.82) is 0 Å². The lowest BCUT2D eigenvalue weighted by Crippen LogP contribution is -2.43. The van der Waals surface area contributed by atoms with Gasteiger partial charge in [-0.1, -0.05) is 42.5 Å². The molecule has 1 amide bonds. The van der Waals surface area contributed by atoms with E-state index >= 15 is 0 Å². The van der Waals surface area contributed by atoms with Gasteiger partial charge < -0.3 is 19.9 Å². The summed E-state index contributed by atoms with van der Waals surface area (Å²) in [5.41, 5.74) is 1.58. The number of alkyl carbamates (subject to hydrolysis) is 1. The zero-order valence-corrected chi connectivity index (χ0v) is 16.1. The van der Waals surface area contributed by atoms with Crippen LogP contribution in [0.4, 0.5) is 4.79 Å². The second-order valence-electron chi connectivity index (χ2n) is 7.44. The van der Waals surface area contributed by atoms with Gasteiger partial charge in [-0.2, -0.15) is 0 Å². The van der Waals surface area contributed by atoms with Crippen molar-refractivity contribution < 1.29 is 19.4 Å². The summed E-state index contributed by atoms with van der Waals surface area (Å²) in [6, 6.07) is 16.4. The summed E-state index contributed by atoms with van der Waals surface area (Å²) in [5.74, 6) is 0.771. The van der Waals surface area contributed by atoms with Crippen LogP contribution in [0.25, 0.3) is 0 Å². The number of nitrogens with one attached hydrogen (secondary N) is 1. The third-order valence-corrected chi connectivity index (χ3v) is 3.78. The molecule has 0 aromatic heterocycles. The van der Waals surface area contributed by atoms with Crippen LogP contribution >= 0.6 is 0 Å². The number of aliphatic hydroxyl groups excluding tert-OH is 1. The number of rotatable bonds is 7. The third kappa shape index (κ3) is 7.71. The Balaban J connectivity index is 1.90. The predicted molar refractivity (Wildman–Crippen MR) is 105 cm³/mol. The molecule has 145 valence electrons. The molecular weight excluding hydrogens is 342 g/mol. The van der Waals surface area contributed by atoms with Gasteiger partial charge in [0.25, 0.3) is 0 Å². The monoisotopic (exact) mass is 370 g/mol. The van der Waals surface area contributed by atoms with E-state index in [0.717, 1.165) is 16.9 Å². The maximum absolute atomic E-state index is 12.0. The molecule has 1 radical (unpaired) electrons.